The molecule has 0 saturated carbocycles. The molecule has 0 aliphatic carbocycles. The molecular weight excluding hydrogens is 368 g/mol. The molecule has 0 aromatic heterocycles. The average molecular weight is 401 g/mol. The van der Waals surface area contributed by atoms with Gasteiger partial charge in [0.15, 0.2) is 0 Å². The monoisotopic (exact) mass is 400 g/mol. The SMILES string of the molecule is O=C(/C=C/CN1CCOCC1)N1CCC2(CCCO2)C(OCc2ccccc2)C1. The van der Waals surface area contributed by atoms with Crippen LogP contribution >= 0.6 is 0 Å². The molecule has 3 aliphatic rings. The van der Waals surface area contributed by atoms with Gasteiger partial charge in [0.1, 0.15) is 6.10 Å². The van der Waals surface area contributed by atoms with Crippen molar-refractivity contribution in [3.8, 4) is 0 Å². The minimum Gasteiger partial charge on any atom is -0.379 e. The van der Waals surface area contributed by atoms with E-state index in [9.17, 15) is 4.79 Å². The molecule has 3 saturated heterocycles. The summed E-state index contributed by atoms with van der Waals surface area (Å²) in [5.74, 6) is 0.0689. The van der Waals surface area contributed by atoms with Crippen LogP contribution in [0.5, 0.6) is 0 Å². The second-order valence-corrected chi connectivity index (χ2v) is 8.15. The first-order chi connectivity index (χ1) is 14.3. The number of rotatable bonds is 6. The van der Waals surface area contributed by atoms with E-state index in [1.54, 1.807) is 6.08 Å². The molecule has 1 amide bonds. The molecule has 4 rings (SSSR count). The molecule has 0 radical (unpaired) electrons. The number of nitrogens with zero attached hydrogens (tertiary/aromatic N) is 2. The summed E-state index contributed by atoms with van der Waals surface area (Å²) in [5.41, 5.74) is 0.915. The van der Waals surface area contributed by atoms with Gasteiger partial charge in [-0.3, -0.25) is 9.69 Å². The smallest absolute Gasteiger partial charge is 0.246 e. The van der Waals surface area contributed by atoms with Gasteiger partial charge in [0, 0.05) is 45.4 Å². The van der Waals surface area contributed by atoms with Crippen LogP contribution in [0.15, 0.2) is 42.5 Å². The van der Waals surface area contributed by atoms with Crippen molar-refractivity contribution in [1.82, 2.24) is 9.80 Å². The van der Waals surface area contributed by atoms with Crippen LogP contribution < -0.4 is 0 Å². The Morgan fingerprint density at radius 3 is 2.72 bits per heavy atom. The summed E-state index contributed by atoms with van der Waals surface area (Å²) in [6.45, 7) is 6.86. The van der Waals surface area contributed by atoms with Crippen molar-refractivity contribution >= 4 is 5.91 Å². The van der Waals surface area contributed by atoms with E-state index in [-0.39, 0.29) is 17.6 Å². The molecule has 2 atom stereocenters. The van der Waals surface area contributed by atoms with Crippen LogP contribution in [0, 0.1) is 0 Å². The molecular formula is C23H32N2O4. The van der Waals surface area contributed by atoms with Crippen LogP contribution in [0.2, 0.25) is 0 Å². The number of likely N-dealkylation sites (tertiary alicyclic amines) is 1. The zero-order valence-corrected chi connectivity index (χ0v) is 17.1. The fourth-order valence-corrected chi connectivity index (χ4v) is 4.48. The Bertz CT molecular complexity index is 681. The van der Waals surface area contributed by atoms with E-state index < -0.39 is 0 Å². The Labute approximate surface area is 173 Å². The van der Waals surface area contributed by atoms with Crippen molar-refractivity contribution in [3.05, 3.63) is 48.0 Å². The number of morpholine rings is 1. The van der Waals surface area contributed by atoms with Gasteiger partial charge in [-0.05, 0) is 24.8 Å². The minimum absolute atomic E-state index is 0.0689. The first-order valence-corrected chi connectivity index (χ1v) is 10.8. The fourth-order valence-electron chi connectivity index (χ4n) is 4.48. The summed E-state index contributed by atoms with van der Waals surface area (Å²) in [6, 6.07) is 10.2. The summed E-state index contributed by atoms with van der Waals surface area (Å²) in [7, 11) is 0. The molecule has 6 nitrogen and oxygen atoms in total. The highest BCUT2D eigenvalue weighted by atomic mass is 16.6. The largest absolute Gasteiger partial charge is 0.379 e. The van der Waals surface area contributed by atoms with Gasteiger partial charge >= 0.3 is 0 Å². The standard InChI is InChI=1S/C23H32N2O4/c26-22(8-4-11-24-13-16-27-17-14-24)25-12-10-23(9-5-15-29-23)21(18-25)28-19-20-6-2-1-3-7-20/h1-4,6-8,21H,5,9-19H2/b8-4+. The highest BCUT2D eigenvalue weighted by molar-refractivity contribution is 5.87. The first kappa shape index (κ1) is 20.5. The summed E-state index contributed by atoms with van der Waals surface area (Å²) in [6.07, 6.45) is 6.53. The van der Waals surface area contributed by atoms with E-state index in [2.05, 4.69) is 17.0 Å². The molecule has 29 heavy (non-hydrogen) atoms. The van der Waals surface area contributed by atoms with Crippen molar-refractivity contribution in [3.63, 3.8) is 0 Å². The lowest BCUT2D eigenvalue weighted by atomic mass is 9.85. The highest BCUT2D eigenvalue weighted by Crippen LogP contribution is 2.38. The number of piperidine rings is 1. The van der Waals surface area contributed by atoms with Crippen LogP contribution in [-0.2, 0) is 25.6 Å². The van der Waals surface area contributed by atoms with Crippen molar-refractivity contribution < 1.29 is 19.0 Å². The van der Waals surface area contributed by atoms with E-state index in [1.165, 1.54) is 0 Å². The zero-order valence-electron chi connectivity index (χ0n) is 17.1. The van der Waals surface area contributed by atoms with Gasteiger partial charge in [0.2, 0.25) is 5.91 Å². The van der Waals surface area contributed by atoms with Crippen LogP contribution in [-0.4, -0.2) is 80.0 Å². The quantitative estimate of drug-likeness (QED) is 0.686. The normalized spacial score (nSPS) is 28.4. The summed E-state index contributed by atoms with van der Waals surface area (Å²) >= 11 is 0. The van der Waals surface area contributed by atoms with E-state index >= 15 is 0 Å². The lowest BCUT2D eigenvalue weighted by molar-refractivity contribution is -0.165. The number of carbonyl (C=O) groups is 1. The third-order valence-electron chi connectivity index (χ3n) is 6.25. The maximum absolute atomic E-state index is 12.8. The van der Waals surface area contributed by atoms with Crippen molar-refractivity contribution in [2.24, 2.45) is 0 Å². The molecule has 1 aromatic carbocycles. The summed E-state index contributed by atoms with van der Waals surface area (Å²) in [4.78, 5) is 17.0. The number of carbonyl (C=O) groups excluding carboxylic acids is 1. The zero-order chi connectivity index (χ0) is 19.9. The van der Waals surface area contributed by atoms with E-state index in [0.717, 1.165) is 70.8 Å². The van der Waals surface area contributed by atoms with E-state index in [0.29, 0.717) is 13.2 Å². The number of benzene rings is 1. The molecule has 0 bridgehead atoms. The third kappa shape index (κ3) is 5.25. The number of amides is 1. The second-order valence-electron chi connectivity index (χ2n) is 8.15. The van der Waals surface area contributed by atoms with Gasteiger partial charge in [-0.25, -0.2) is 0 Å². The lowest BCUT2D eigenvalue weighted by Gasteiger charge is -2.44. The van der Waals surface area contributed by atoms with Crippen LogP contribution in [0.4, 0.5) is 0 Å². The number of hydrogen-bond donors (Lipinski definition) is 0. The molecule has 3 heterocycles. The predicted molar refractivity (Wildman–Crippen MR) is 111 cm³/mol. The van der Waals surface area contributed by atoms with Crippen molar-refractivity contribution in [2.45, 2.75) is 37.6 Å². The fraction of sp³-hybridized carbons (Fsp3) is 0.609. The van der Waals surface area contributed by atoms with Gasteiger partial charge in [-0.2, -0.15) is 0 Å². The lowest BCUT2D eigenvalue weighted by Crippen LogP contribution is -2.57. The summed E-state index contributed by atoms with van der Waals surface area (Å²) in [5, 5.41) is 0. The second kappa shape index (κ2) is 9.85. The van der Waals surface area contributed by atoms with Crippen molar-refractivity contribution in [1.29, 1.82) is 0 Å². The van der Waals surface area contributed by atoms with Gasteiger partial charge in [-0.1, -0.05) is 36.4 Å². The van der Waals surface area contributed by atoms with Crippen LogP contribution in [0.1, 0.15) is 24.8 Å². The Morgan fingerprint density at radius 1 is 1.14 bits per heavy atom. The molecule has 2 unspecified atom stereocenters. The number of hydrogen-bond acceptors (Lipinski definition) is 5. The number of ether oxygens (including phenoxy) is 3. The maximum Gasteiger partial charge on any atom is 0.246 e. The predicted octanol–water partition coefficient (Wildman–Crippen LogP) is 2.24. The molecule has 1 spiro atoms. The molecule has 158 valence electrons. The maximum atomic E-state index is 12.8. The van der Waals surface area contributed by atoms with Crippen molar-refractivity contribution in [2.75, 3.05) is 52.5 Å². The molecule has 0 N–H and O–H groups in total. The Kier molecular flexibility index (Phi) is 6.98. The van der Waals surface area contributed by atoms with Gasteiger partial charge < -0.3 is 19.1 Å². The van der Waals surface area contributed by atoms with E-state index in [1.807, 2.05) is 29.2 Å². The van der Waals surface area contributed by atoms with Crippen LogP contribution in [0.25, 0.3) is 0 Å². The molecule has 6 heteroatoms. The van der Waals surface area contributed by atoms with Gasteiger partial charge in [0.25, 0.3) is 0 Å². The van der Waals surface area contributed by atoms with Crippen LogP contribution in [0.3, 0.4) is 0 Å². The Morgan fingerprint density at radius 2 is 1.97 bits per heavy atom. The Hall–Kier alpha value is -1.73. The highest BCUT2D eigenvalue weighted by Gasteiger charge is 2.47. The first-order valence-electron chi connectivity index (χ1n) is 10.8. The van der Waals surface area contributed by atoms with Gasteiger partial charge in [-0.15, -0.1) is 0 Å². The molecule has 3 aliphatic heterocycles. The minimum atomic E-state index is -0.233. The average Bonchev–Trinajstić information content (AvgIpc) is 3.24. The Balaban J connectivity index is 1.34. The van der Waals surface area contributed by atoms with Gasteiger partial charge in [0.05, 0.1) is 25.4 Å². The van der Waals surface area contributed by atoms with E-state index in [4.69, 9.17) is 14.2 Å². The third-order valence-corrected chi connectivity index (χ3v) is 6.25. The summed E-state index contributed by atoms with van der Waals surface area (Å²) < 4.78 is 17.9. The topological polar surface area (TPSA) is 51.2 Å². The molecule has 1 aromatic rings. The molecule has 3 fully saturated rings.